The standard InChI is InChI=1S/C12H14N2O2/c15-12(14-10-6-13-7-10)9-1-2-11-8(5-9)3-4-16-11/h1-2,5,10,13H,3-4,6-7H2,(H,14,15). The second-order valence-electron chi connectivity index (χ2n) is 4.25. The van der Waals surface area contributed by atoms with Crippen LogP contribution in [0.2, 0.25) is 0 Å². The topological polar surface area (TPSA) is 50.4 Å². The molecular weight excluding hydrogens is 204 g/mol. The molecule has 3 rings (SSSR count). The van der Waals surface area contributed by atoms with Gasteiger partial charge in [0, 0.05) is 25.1 Å². The third kappa shape index (κ3) is 1.65. The fourth-order valence-electron chi connectivity index (χ4n) is 1.99. The van der Waals surface area contributed by atoms with Crippen molar-refractivity contribution in [3.63, 3.8) is 0 Å². The summed E-state index contributed by atoms with van der Waals surface area (Å²) in [6.45, 7) is 2.48. The summed E-state index contributed by atoms with van der Waals surface area (Å²) < 4.78 is 5.40. The van der Waals surface area contributed by atoms with Gasteiger partial charge in [0.1, 0.15) is 5.75 Å². The minimum Gasteiger partial charge on any atom is -0.493 e. The maximum absolute atomic E-state index is 11.9. The molecule has 4 nitrogen and oxygen atoms in total. The molecule has 0 aromatic heterocycles. The monoisotopic (exact) mass is 218 g/mol. The number of ether oxygens (including phenoxy) is 1. The van der Waals surface area contributed by atoms with Crippen LogP contribution in [0.15, 0.2) is 18.2 Å². The summed E-state index contributed by atoms with van der Waals surface area (Å²) in [6.07, 6.45) is 0.904. The van der Waals surface area contributed by atoms with Crippen LogP contribution in [0.25, 0.3) is 0 Å². The second kappa shape index (κ2) is 3.79. The number of carbonyl (C=O) groups excluding carboxylic acids is 1. The van der Waals surface area contributed by atoms with Crippen LogP contribution in [-0.4, -0.2) is 31.6 Å². The van der Waals surface area contributed by atoms with Gasteiger partial charge in [0.15, 0.2) is 0 Å². The number of benzene rings is 1. The van der Waals surface area contributed by atoms with E-state index in [4.69, 9.17) is 4.74 Å². The zero-order chi connectivity index (χ0) is 11.0. The summed E-state index contributed by atoms with van der Waals surface area (Å²) in [5, 5.41) is 6.11. The largest absolute Gasteiger partial charge is 0.493 e. The molecule has 4 heteroatoms. The molecular formula is C12H14N2O2. The van der Waals surface area contributed by atoms with Crippen molar-refractivity contribution in [3.05, 3.63) is 29.3 Å². The Kier molecular flexibility index (Phi) is 2.29. The van der Waals surface area contributed by atoms with Crippen LogP contribution in [0.4, 0.5) is 0 Å². The van der Waals surface area contributed by atoms with Gasteiger partial charge in [-0.15, -0.1) is 0 Å². The Labute approximate surface area is 94.0 Å². The molecule has 0 radical (unpaired) electrons. The summed E-state index contributed by atoms with van der Waals surface area (Å²) in [5.74, 6) is 0.933. The van der Waals surface area contributed by atoms with Gasteiger partial charge < -0.3 is 15.4 Å². The number of hydrogen-bond acceptors (Lipinski definition) is 3. The maximum atomic E-state index is 11.9. The Bertz CT molecular complexity index is 427. The molecule has 1 saturated heterocycles. The third-order valence-corrected chi connectivity index (χ3v) is 3.07. The van der Waals surface area contributed by atoms with Gasteiger partial charge in [-0.05, 0) is 23.8 Å². The lowest BCUT2D eigenvalue weighted by Gasteiger charge is -2.27. The summed E-state index contributed by atoms with van der Waals surface area (Å²) in [7, 11) is 0. The zero-order valence-corrected chi connectivity index (χ0v) is 8.95. The highest BCUT2D eigenvalue weighted by atomic mass is 16.5. The van der Waals surface area contributed by atoms with Gasteiger partial charge in [-0.2, -0.15) is 0 Å². The molecule has 1 fully saturated rings. The van der Waals surface area contributed by atoms with Crippen molar-refractivity contribution in [2.75, 3.05) is 19.7 Å². The maximum Gasteiger partial charge on any atom is 0.251 e. The molecule has 1 aromatic rings. The van der Waals surface area contributed by atoms with Crippen molar-refractivity contribution in [1.82, 2.24) is 10.6 Å². The van der Waals surface area contributed by atoms with E-state index in [1.54, 1.807) is 0 Å². The van der Waals surface area contributed by atoms with Crippen LogP contribution < -0.4 is 15.4 Å². The van der Waals surface area contributed by atoms with Crippen molar-refractivity contribution in [2.45, 2.75) is 12.5 Å². The van der Waals surface area contributed by atoms with E-state index in [-0.39, 0.29) is 11.9 Å². The average molecular weight is 218 g/mol. The van der Waals surface area contributed by atoms with Gasteiger partial charge in [0.2, 0.25) is 0 Å². The lowest BCUT2D eigenvalue weighted by molar-refractivity contribution is 0.0924. The molecule has 0 unspecified atom stereocenters. The number of hydrogen-bond donors (Lipinski definition) is 2. The van der Waals surface area contributed by atoms with Crippen molar-refractivity contribution in [1.29, 1.82) is 0 Å². The highest BCUT2D eigenvalue weighted by Gasteiger charge is 2.20. The normalized spacial score (nSPS) is 18.5. The molecule has 84 valence electrons. The van der Waals surface area contributed by atoms with E-state index in [1.165, 1.54) is 0 Å². The smallest absolute Gasteiger partial charge is 0.251 e. The molecule has 2 heterocycles. The van der Waals surface area contributed by atoms with E-state index >= 15 is 0 Å². The number of carbonyl (C=O) groups is 1. The summed E-state index contributed by atoms with van der Waals surface area (Å²) in [6, 6.07) is 5.93. The van der Waals surface area contributed by atoms with Crippen molar-refractivity contribution < 1.29 is 9.53 Å². The fraction of sp³-hybridized carbons (Fsp3) is 0.417. The van der Waals surface area contributed by atoms with Gasteiger partial charge in [0.05, 0.1) is 12.6 Å². The molecule has 0 atom stereocenters. The molecule has 2 N–H and O–H groups in total. The summed E-state index contributed by atoms with van der Waals surface area (Å²) >= 11 is 0. The fourth-order valence-corrected chi connectivity index (χ4v) is 1.99. The molecule has 2 aliphatic heterocycles. The summed E-state index contributed by atoms with van der Waals surface area (Å²) in [5.41, 5.74) is 1.87. The van der Waals surface area contributed by atoms with E-state index in [0.29, 0.717) is 0 Å². The van der Waals surface area contributed by atoms with E-state index in [9.17, 15) is 4.79 Å². The summed E-state index contributed by atoms with van der Waals surface area (Å²) in [4.78, 5) is 11.9. The van der Waals surface area contributed by atoms with Crippen LogP contribution in [0.3, 0.4) is 0 Å². The number of nitrogens with one attached hydrogen (secondary N) is 2. The van der Waals surface area contributed by atoms with E-state index in [0.717, 1.165) is 43.0 Å². The quantitative estimate of drug-likeness (QED) is 0.751. The van der Waals surface area contributed by atoms with Crippen molar-refractivity contribution >= 4 is 5.91 Å². The van der Waals surface area contributed by atoms with Gasteiger partial charge in [0.25, 0.3) is 5.91 Å². The Hall–Kier alpha value is -1.55. The molecule has 0 aliphatic carbocycles. The zero-order valence-electron chi connectivity index (χ0n) is 8.95. The van der Waals surface area contributed by atoms with Crippen LogP contribution >= 0.6 is 0 Å². The van der Waals surface area contributed by atoms with Gasteiger partial charge >= 0.3 is 0 Å². The molecule has 0 spiro atoms. The first-order valence-electron chi connectivity index (χ1n) is 5.60. The van der Waals surface area contributed by atoms with Crippen LogP contribution in [0, 0.1) is 0 Å². The predicted molar refractivity (Wildman–Crippen MR) is 59.8 cm³/mol. The first-order valence-corrected chi connectivity index (χ1v) is 5.60. The average Bonchev–Trinajstić information content (AvgIpc) is 2.69. The first-order chi connectivity index (χ1) is 7.83. The molecule has 0 saturated carbocycles. The first kappa shape index (κ1) is 9.66. The van der Waals surface area contributed by atoms with Crippen LogP contribution in [0.1, 0.15) is 15.9 Å². The minimum atomic E-state index is 0.0150. The number of rotatable bonds is 2. The SMILES string of the molecule is O=C(NC1CNC1)c1ccc2c(c1)CCO2. The van der Waals surface area contributed by atoms with Crippen LogP contribution in [0.5, 0.6) is 5.75 Å². The lowest BCUT2D eigenvalue weighted by Crippen LogP contribution is -2.56. The predicted octanol–water partition coefficient (Wildman–Crippen LogP) is 0.323. The molecule has 0 bridgehead atoms. The Balaban J connectivity index is 1.75. The second-order valence-corrected chi connectivity index (χ2v) is 4.25. The highest BCUT2D eigenvalue weighted by Crippen LogP contribution is 2.25. The third-order valence-electron chi connectivity index (χ3n) is 3.07. The Morgan fingerprint density at radius 3 is 3.06 bits per heavy atom. The Morgan fingerprint density at radius 2 is 2.31 bits per heavy atom. The molecule has 1 aromatic carbocycles. The van der Waals surface area contributed by atoms with Gasteiger partial charge in [-0.3, -0.25) is 4.79 Å². The van der Waals surface area contributed by atoms with Crippen molar-refractivity contribution in [3.8, 4) is 5.75 Å². The van der Waals surface area contributed by atoms with Gasteiger partial charge in [-0.1, -0.05) is 0 Å². The minimum absolute atomic E-state index is 0.0150. The molecule has 1 amide bonds. The number of amides is 1. The lowest BCUT2D eigenvalue weighted by atomic mass is 10.1. The highest BCUT2D eigenvalue weighted by molar-refractivity contribution is 5.94. The van der Waals surface area contributed by atoms with Gasteiger partial charge in [-0.25, -0.2) is 0 Å². The van der Waals surface area contributed by atoms with E-state index in [2.05, 4.69) is 10.6 Å². The van der Waals surface area contributed by atoms with Crippen molar-refractivity contribution in [2.24, 2.45) is 0 Å². The number of fused-ring (bicyclic) bond motifs is 1. The Morgan fingerprint density at radius 1 is 1.44 bits per heavy atom. The molecule has 2 aliphatic rings. The molecule has 16 heavy (non-hydrogen) atoms. The van der Waals surface area contributed by atoms with Crippen LogP contribution in [-0.2, 0) is 6.42 Å². The van der Waals surface area contributed by atoms with E-state index < -0.39 is 0 Å². The van der Waals surface area contributed by atoms with E-state index in [1.807, 2.05) is 18.2 Å².